The van der Waals surface area contributed by atoms with E-state index in [0.717, 1.165) is 10.3 Å². The standard InChI is InChI=1S/C16H19N2O5/c1-11-10-17(19)13(8-15(11)18(20)21)6-4-12-5-7-14(22-2)9-16(12)23-3/h5,7-10,19H,4,6H2,1-3H3/q+1. The van der Waals surface area contributed by atoms with Crippen molar-refractivity contribution < 1.29 is 24.3 Å². The minimum absolute atomic E-state index is 0.00741. The molecule has 1 aromatic carbocycles. The van der Waals surface area contributed by atoms with Gasteiger partial charge in [0.05, 0.1) is 30.8 Å². The number of methoxy groups -OCH3 is 2. The van der Waals surface area contributed by atoms with Crippen LogP contribution in [0.3, 0.4) is 0 Å². The minimum Gasteiger partial charge on any atom is -0.497 e. The van der Waals surface area contributed by atoms with Crippen LogP contribution in [0.25, 0.3) is 0 Å². The summed E-state index contributed by atoms with van der Waals surface area (Å²) < 4.78 is 11.4. The molecule has 2 rings (SSSR count). The highest BCUT2D eigenvalue weighted by atomic mass is 16.6. The number of benzene rings is 1. The van der Waals surface area contributed by atoms with Crippen LogP contribution < -0.4 is 14.2 Å². The molecular weight excluding hydrogens is 300 g/mol. The maximum atomic E-state index is 11.0. The van der Waals surface area contributed by atoms with Crippen LogP contribution in [0.5, 0.6) is 11.5 Å². The van der Waals surface area contributed by atoms with Crippen molar-refractivity contribution in [3.63, 3.8) is 0 Å². The predicted molar refractivity (Wildman–Crippen MR) is 82.2 cm³/mol. The molecule has 23 heavy (non-hydrogen) atoms. The van der Waals surface area contributed by atoms with Crippen molar-refractivity contribution in [3.05, 3.63) is 57.4 Å². The Kier molecular flexibility index (Phi) is 5.00. The average molecular weight is 319 g/mol. The summed E-state index contributed by atoms with van der Waals surface area (Å²) in [5.74, 6) is 1.37. The summed E-state index contributed by atoms with van der Waals surface area (Å²) in [7, 11) is 3.15. The molecule has 0 aliphatic carbocycles. The largest absolute Gasteiger partial charge is 0.497 e. The van der Waals surface area contributed by atoms with E-state index in [1.54, 1.807) is 27.2 Å². The molecule has 0 saturated carbocycles. The third-order valence-electron chi connectivity index (χ3n) is 3.66. The summed E-state index contributed by atoms with van der Waals surface area (Å²) in [6, 6.07) is 6.87. The highest BCUT2D eigenvalue weighted by Crippen LogP contribution is 2.26. The first kappa shape index (κ1) is 16.5. The maximum Gasteiger partial charge on any atom is 0.284 e. The van der Waals surface area contributed by atoms with Crippen molar-refractivity contribution in [1.82, 2.24) is 0 Å². The van der Waals surface area contributed by atoms with E-state index in [1.807, 2.05) is 12.1 Å². The van der Waals surface area contributed by atoms with Crippen LogP contribution in [0.2, 0.25) is 0 Å². The zero-order valence-corrected chi connectivity index (χ0v) is 13.3. The second kappa shape index (κ2) is 6.95. The lowest BCUT2D eigenvalue weighted by Crippen LogP contribution is -2.35. The lowest BCUT2D eigenvalue weighted by Gasteiger charge is -2.09. The Morgan fingerprint density at radius 2 is 1.96 bits per heavy atom. The molecule has 7 nitrogen and oxygen atoms in total. The number of ether oxygens (including phenoxy) is 2. The van der Waals surface area contributed by atoms with Crippen molar-refractivity contribution in [2.45, 2.75) is 19.8 Å². The quantitative estimate of drug-likeness (QED) is 0.382. The van der Waals surface area contributed by atoms with E-state index in [9.17, 15) is 15.3 Å². The molecule has 0 aliphatic rings. The number of pyridine rings is 1. The molecule has 0 spiro atoms. The minimum atomic E-state index is -0.452. The highest BCUT2D eigenvalue weighted by Gasteiger charge is 2.21. The molecule has 0 fully saturated rings. The molecule has 1 aromatic heterocycles. The first-order valence-corrected chi connectivity index (χ1v) is 7.06. The van der Waals surface area contributed by atoms with Crippen LogP contribution >= 0.6 is 0 Å². The van der Waals surface area contributed by atoms with Gasteiger partial charge in [0.2, 0.25) is 11.9 Å². The summed E-state index contributed by atoms with van der Waals surface area (Å²) in [4.78, 5) is 10.6. The first-order valence-electron chi connectivity index (χ1n) is 7.06. The van der Waals surface area contributed by atoms with Crippen LogP contribution in [0.15, 0.2) is 30.5 Å². The average Bonchev–Trinajstić information content (AvgIpc) is 2.53. The summed E-state index contributed by atoms with van der Waals surface area (Å²) in [6.45, 7) is 1.58. The van der Waals surface area contributed by atoms with Crippen LogP contribution in [0.4, 0.5) is 5.69 Å². The van der Waals surface area contributed by atoms with Crippen molar-refractivity contribution >= 4 is 5.69 Å². The molecule has 0 amide bonds. The van der Waals surface area contributed by atoms with Gasteiger partial charge in [0.25, 0.3) is 5.69 Å². The molecule has 1 N–H and O–H groups in total. The van der Waals surface area contributed by atoms with Gasteiger partial charge in [-0.2, -0.15) is 0 Å². The summed E-state index contributed by atoms with van der Waals surface area (Å²) in [5.41, 5.74) is 1.78. The van der Waals surface area contributed by atoms with Gasteiger partial charge >= 0.3 is 0 Å². The number of nitrogens with zero attached hydrogens (tertiary/aromatic N) is 2. The third kappa shape index (κ3) is 3.68. The highest BCUT2D eigenvalue weighted by molar-refractivity contribution is 5.41. The summed E-state index contributed by atoms with van der Waals surface area (Å²) in [5, 5.41) is 20.9. The smallest absolute Gasteiger partial charge is 0.284 e. The Morgan fingerprint density at radius 1 is 1.22 bits per heavy atom. The Hall–Kier alpha value is -2.83. The van der Waals surface area contributed by atoms with Crippen LogP contribution in [0, 0.1) is 17.0 Å². The van der Waals surface area contributed by atoms with Gasteiger partial charge in [0.15, 0.2) is 0 Å². The van der Waals surface area contributed by atoms with Crippen molar-refractivity contribution in [3.8, 4) is 11.5 Å². The molecule has 0 saturated heterocycles. The van der Waals surface area contributed by atoms with Gasteiger partial charge in [0, 0.05) is 17.2 Å². The van der Waals surface area contributed by atoms with Gasteiger partial charge in [0.1, 0.15) is 11.5 Å². The maximum absolute atomic E-state index is 11.0. The number of aromatic nitrogens is 1. The Bertz CT molecular complexity index is 731. The van der Waals surface area contributed by atoms with Crippen LogP contribution in [0.1, 0.15) is 16.8 Å². The molecule has 7 heteroatoms. The first-order chi connectivity index (χ1) is 11.0. The molecule has 0 bridgehead atoms. The fourth-order valence-electron chi connectivity index (χ4n) is 2.37. The van der Waals surface area contributed by atoms with E-state index >= 15 is 0 Å². The molecule has 0 aliphatic heterocycles. The third-order valence-corrected chi connectivity index (χ3v) is 3.66. The van der Waals surface area contributed by atoms with Crippen molar-refractivity contribution in [1.29, 1.82) is 0 Å². The van der Waals surface area contributed by atoms with Crippen molar-refractivity contribution in [2.75, 3.05) is 14.2 Å². The Balaban J connectivity index is 2.24. The molecule has 122 valence electrons. The number of aryl methyl sites for hydroxylation is 3. The van der Waals surface area contributed by atoms with E-state index in [4.69, 9.17) is 9.47 Å². The second-order valence-corrected chi connectivity index (χ2v) is 5.11. The SMILES string of the molecule is COc1ccc(CCc2cc([N+](=O)[O-])c(C)c[n+]2O)c(OC)c1. The van der Waals surface area contributed by atoms with E-state index < -0.39 is 4.92 Å². The second-order valence-electron chi connectivity index (χ2n) is 5.11. The lowest BCUT2D eigenvalue weighted by atomic mass is 10.1. The normalized spacial score (nSPS) is 10.4. The summed E-state index contributed by atoms with van der Waals surface area (Å²) in [6.07, 6.45) is 2.34. The zero-order valence-electron chi connectivity index (χ0n) is 13.3. The van der Waals surface area contributed by atoms with E-state index in [1.165, 1.54) is 12.3 Å². The molecule has 0 radical (unpaired) electrons. The number of rotatable bonds is 6. The predicted octanol–water partition coefficient (Wildman–Crippen LogP) is 2.23. The van der Waals surface area contributed by atoms with Gasteiger partial charge in [-0.25, -0.2) is 0 Å². The molecule has 2 aromatic rings. The van der Waals surface area contributed by atoms with Crippen molar-refractivity contribution in [2.24, 2.45) is 0 Å². The van der Waals surface area contributed by atoms with Gasteiger partial charge in [-0.15, -0.1) is 0 Å². The Labute approximate surface area is 133 Å². The molecular formula is C16H19N2O5+. The fraction of sp³-hybridized carbons (Fsp3) is 0.312. The summed E-state index contributed by atoms with van der Waals surface area (Å²) >= 11 is 0. The lowest BCUT2D eigenvalue weighted by molar-refractivity contribution is -0.910. The van der Waals surface area contributed by atoms with Gasteiger partial charge in [-0.05, 0) is 25.0 Å². The number of hydrogen-bond donors (Lipinski definition) is 1. The van der Waals surface area contributed by atoms with E-state index in [0.29, 0.717) is 35.6 Å². The molecule has 0 atom stereocenters. The van der Waals surface area contributed by atoms with Gasteiger partial charge < -0.3 is 9.47 Å². The van der Waals surface area contributed by atoms with Crippen LogP contribution in [-0.2, 0) is 12.8 Å². The number of hydrogen-bond acceptors (Lipinski definition) is 5. The molecule has 0 unspecified atom stereocenters. The number of nitro groups is 1. The topological polar surface area (TPSA) is 85.7 Å². The monoisotopic (exact) mass is 319 g/mol. The Morgan fingerprint density at radius 3 is 2.57 bits per heavy atom. The van der Waals surface area contributed by atoms with E-state index in [-0.39, 0.29) is 5.69 Å². The molecule has 1 heterocycles. The van der Waals surface area contributed by atoms with Gasteiger partial charge in [-0.3, -0.25) is 15.3 Å². The fourth-order valence-corrected chi connectivity index (χ4v) is 2.37. The van der Waals surface area contributed by atoms with Gasteiger partial charge in [-0.1, -0.05) is 6.07 Å². The zero-order chi connectivity index (χ0) is 17.0. The van der Waals surface area contributed by atoms with Crippen LogP contribution in [-0.4, -0.2) is 24.4 Å². The van der Waals surface area contributed by atoms with E-state index in [2.05, 4.69) is 0 Å².